The summed E-state index contributed by atoms with van der Waals surface area (Å²) in [6.07, 6.45) is 3.63. The molecule has 0 spiro atoms. The fourth-order valence-corrected chi connectivity index (χ4v) is 4.57. The number of para-hydroxylation sites is 1. The lowest BCUT2D eigenvalue weighted by Crippen LogP contribution is -2.48. The second kappa shape index (κ2) is 12.2. The third kappa shape index (κ3) is 6.47. The Bertz CT molecular complexity index is 632. The van der Waals surface area contributed by atoms with Crippen molar-refractivity contribution in [1.82, 2.24) is 15.5 Å². The predicted molar refractivity (Wildman–Crippen MR) is 131 cm³/mol. The Balaban J connectivity index is 0.00000280. The van der Waals surface area contributed by atoms with E-state index >= 15 is 0 Å². The van der Waals surface area contributed by atoms with E-state index in [1.165, 1.54) is 25.1 Å². The second-order valence-corrected chi connectivity index (χ2v) is 8.16. The number of benzene rings is 1. The Kier molecular flexibility index (Phi) is 10.3. The van der Waals surface area contributed by atoms with Gasteiger partial charge in [-0.3, -0.25) is 9.89 Å². The Labute approximate surface area is 194 Å². The summed E-state index contributed by atoms with van der Waals surface area (Å²) in [5.41, 5.74) is 1.27. The minimum atomic E-state index is 0. The fourth-order valence-electron chi connectivity index (χ4n) is 4.04. The smallest absolute Gasteiger partial charge is 0.191 e. The predicted octanol–water partition coefficient (Wildman–Crippen LogP) is 2.92. The summed E-state index contributed by atoms with van der Waals surface area (Å²) in [5, 5.41) is 7.14. The molecule has 8 heteroatoms. The average molecular weight is 566 g/mol. The van der Waals surface area contributed by atoms with Crippen molar-refractivity contribution < 1.29 is 4.74 Å². The minimum Gasteiger partial charge on any atom is -0.383 e. The lowest BCUT2D eigenvalue weighted by Gasteiger charge is -2.26. The first-order valence-corrected chi connectivity index (χ1v) is 10.7. The number of ether oxygens (including phenoxy) is 1. The molecule has 1 aromatic rings. The number of rotatable bonds is 7. The molecule has 0 aromatic heterocycles. The van der Waals surface area contributed by atoms with Crippen molar-refractivity contribution in [3.63, 3.8) is 0 Å². The number of halogens is 2. The number of guanidine groups is 1. The number of hydrogen-bond acceptors (Lipinski definition) is 4. The van der Waals surface area contributed by atoms with Crippen molar-refractivity contribution in [3.8, 4) is 0 Å². The van der Waals surface area contributed by atoms with Gasteiger partial charge in [-0.1, -0.05) is 12.1 Å². The number of likely N-dealkylation sites (tertiary alicyclic amines) is 1. The van der Waals surface area contributed by atoms with E-state index in [-0.39, 0.29) is 24.0 Å². The van der Waals surface area contributed by atoms with Gasteiger partial charge in [0, 0.05) is 56.9 Å². The normalized spacial score (nSPS) is 23.0. The molecular formula is C20H33BrIN5O. The Hall–Kier alpha value is -0.580. The Morgan fingerprint density at radius 1 is 1.29 bits per heavy atom. The number of anilines is 1. The van der Waals surface area contributed by atoms with Gasteiger partial charge in [0.15, 0.2) is 5.96 Å². The zero-order chi connectivity index (χ0) is 19.1. The van der Waals surface area contributed by atoms with Gasteiger partial charge in [0.1, 0.15) is 0 Å². The fraction of sp³-hybridized carbons (Fsp3) is 0.650. The molecular weight excluding hydrogens is 533 g/mol. The molecule has 2 aliphatic heterocycles. The van der Waals surface area contributed by atoms with Crippen LogP contribution in [0.4, 0.5) is 5.69 Å². The van der Waals surface area contributed by atoms with E-state index in [9.17, 15) is 0 Å². The molecule has 1 aromatic carbocycles. The molecule has 0 bridgehead atoms. The Morgan fingerprint density at radius 2 is 2.11 bits per heavy atom. The zero-order valence-corrected chi connectivity index (χ0v) is 20.8. The summed E-state index contributed by atoms with van der Waals surface area (Å²) in [7, 11) is 3.63. The molecule has 2 fully saturated rings. The van der Waals surface area contributed by atoms with E-state index in [0.717, 1.165) is 49.6 Å². The van der Waals surface area contributed by atoms with Crippen LogP contribution in [0.2, 0.25) is 0 Å². The van der Waals surface area contributed by atoms with Gasteiger partial charge in [0.2, 0.25) is 0 Å². The monoisotopic (exact) mass is 565 g/mol. The second-order valence-electron chi connectivity index (χ2n) is 7.31. The van der Waals surface area contributed by atoms with E-state index in [1.807, 2.05) is 7.05 Å². The SMILES string of the molecule is CN=C(NCC1CCCN1CCOC)NC1CCN(c2ccccc2Br)C1.I. The number of nitrogens with zero attached hydrogens (tertiary/aromatic N) is 3. The lowest BCUT2D eigenvalue weighted by molar-refractivity contribution is 0.141. The van der Waals surface area contributed by atoms with Crippen LogP contribution in [0.1, 0.15) is 19.3 Å². The van der Waals surface area contributed by atoms with E-state index in [1.54, 1.807) is 7.11 Å². The molecule has 2 heterocycles. The zero-order valence-electron chi connectivity index (χ0n) is 16.9. The highest BCUT2D eigenvalue weighted by Crippen LogP contribution is 2.28. The molecule has 158 valence electrons. The molecule has 0 amide bonds. The first-order chi connectivity index (χ1) is 13.2. The maximum atomic E-state index is 5.24. The van der Waals surface area contributed by atoms with Crippen LogP contribution in [-0.2, 0) is 4.74 Å². The molecule has 3 rings (SSSR count). The maximum absolute atomic E-state index is 5.24. The van der Waals surface area contributed by atoms with Gasteiger partial charge >= 0.3 is 0 Å². The first kappa shape index (κ1) is 23.7. The summed E-state index contributed by atoms with van der Waals surface area (Å²) in [6.45, 7) is 5.97. The molecule has 2 aliphatic rings. The van der Waals surface area contributed by atoms with Crippen LogP contribution in [0.15, 0.2) is 33.7 Å². The maximum Gasteiger partial charge on any atom is 0.191 e. The quantitative estimate of drug-likeness (QED) is 0.302. The number of aliphatic imine (C=N–C) groups is 1. The molecule has 2 saturated heterocycles. The molecule has 2 N–H and O–H groups in total. The third-order valence-electron chi connectivity index (χ3n) is 5.53. The van der Waals surface area contributed by atoms with Gasteiger partial charge < -0.3 is 20.3 Å². The summed E-state index contributed by atoms with van der Waals surface area (Å²) >= 11 is 3.67. The largest absolute Gasteiger partial charge is 0.383 e. The van der Waals surface area contributed by atoms with Crippen molar-refractivity contribution >= 4 is 51.6 Å². The highest BCUT2D eigenvalue weighted by atomic mass is 127. The van der Waals surface area contributed by atoms with Crippen molar-refractivity contribution in [2.75, 3.05) is 58.4 Å². The standard InChI is InChI=1S/C20H32BrN5O.HI/c1-22-20(23-14-17-6-5-10-25(17)12-13-27-2)24-16-9-11-26(15-16)19-8-4-3-7-18(19)21;/h3-4,7-8,16-17H,5-6,9-15H2,1-2H3,(H2,22,23,24);1H. The highest BCUT2D eigenvalue weighted by molar-refractivity contribution is 14.0. The van der Waals surface area contributed by atoms with Crippen LogP contribution >= 0.6 is 39.9 Å². The van der Waals surface area contributed by atoms with Crippen molar-refractivity contribution in [2.24, 2.45) is 4.99 Å². The van der Waals surface area contributed by atoms with Crippen LogP contribution in [-0.4, -0.2) is 76.4 Å². The Morgan fingerprint density at radius 3 is 2.86 bits per heavy atom. The number of hydrogen-bond donors (Lipinski definition) is 2. The molecule has 0 radical (unpaired) electrons. The van der Waals surface area contributed by atoms with E-state index < -0.39 is 0 Å². The molecule has 0 aliphatic carbocycles. The van der Waals surface area contributed by atoms with Crippen LogP contribution in [0.3, 0.4) is 0 Å². The molecule has 6 nitrogen and oxygen atoms in total. The summed E-state index contributed by atoms with van der Waals surface area (Å²) in [4.78, 5) is 9.39. The lowest BCUT2D eigenvalue weighted by atomic mass is 10.2. The van der Waals surface area contributed by atoms with Crippen molar-refractivity contribution in [2.45, 2.75) is 31.3 Å². The van der Waals surface area contributed by atoms with Gasteiger partial charge in [-0.25, -0.2) is 0 Å². The number of nitrogens with one attached hydrogen (secondary N) is 2. The van der Waals surface area contributed by atoms with Crippen molar-refractivity contribution in [3.05, 3.63) is 28.7 Å². The summed E-state index contributed by atoms with van der Waals surface area (Å²) in [5.74, 6) is 0.910. The first-order valence-electron chi connectivity index (χ1n) is 9.91. The van der Waals surface area contributed by atoms with Gasteiger partial charge in [0.05, 0.1) is 12.3 Å². The summed E-state index contributed by atoms with van der Waals surface area (Å²) in [6, 6.07) is 9.42. The van der Waals surface area contributed by atoms with Crippen LogP contribution in [0.5, 0.6) is 0 Å². The molecule has 2 unspecified atom stereocenters. The molecule has 2 atom stereocenters. The van der Waals surface area contributed by atoms with E-state index in [0.29, 0.717) is 12.1 Å². The van der Waals surface area contributed by atoms with Crippen molar-refractivity contribution in [1.29, 1.82) is 0 Å². The van der Waals surface area contributed by atoms with E-state index in [4.69, 9.17) is 4.74 Å². The average Bonchev–Trinajstić information content (AvgIpc) is 3.33. The topological polar surface area (TPSA) is 52.1 Å². The minimum absolute atomic E-state index is 0. The third-order valence-corrected chi connectivity index (χ3v) is 6.20. The van der Waals surface area contributed by atoms with Crippen LogP contribution < -0.4 is 15.5 Å². The van der Waals surface area contributed by atoms with Gasteiger partial charge in [0.25, 0.3) is 0 Å². The highest BCUT2D eigenvalue weighted by Gasteiger charge is 2.26. The van der Waals surface area contributed by atoms with Crippen LogP contribution in [0, 0.1) is 0 Å². The summed E-state index contributed by atoms with van der Waals surface area (Å²) < 4.78 is 6.39. The number of methoxy groups -OCH3 is 1. The van der Waals surface area contributed by atoms with Gasteiger partial charge in [-0.05, 0) is 53.9 Å². The van der Waals surface area contributed by atoms with E-state index in [2.05, 4.69) is 65.6 Å². The van der Waals surface area contributed by atoms with Crippen LogP contribution in [0.25, 0.3) is 0 Å². The van der Waals surface area contributed by atoms with Gasteiger partial charge in [-0.15, -0.1) is 24.0 Å². The molecule has 28 heavy (non-hydrogen) atoms. The molecule has 0 saturated carbocycles. The van der Waals surface area contributed by atoms with Gasteiger partial charge in [-0.2, -0.15) is 0 Å².